The van der Waals surface area contributed by atoms with Crippen molar-refractivity contribution < 1.29 is 14.3 Å². The molecule has 2 N–H and O–H groups in total. The van der Waals surface area contributed by atoms with E-state index in [1.807, 2.05) is 51.1 Å². The Kier molecular flexibility index (Phi) is 8.62. The molecule has 0 heterocycles. The molecule has 1 amide bonds. The number of rotatable bonds is 9. The summed E-state index contributed by atoms with van der Waals surface area (Å²) in [5.74, 6) is 0.766. The van der Waals surface area contributed by atoms with Crippen molar-refractivity contribution in [3.8, 4) is 11.5 Å². The fraction of sp³-hybridized carbons (Fsp3) is 0.409. The van der Waals surface area contributed by atoms with E-state index in [0.29, 0.717) is 23.1 Å². The van der Waals surface area contributed by atoms with Crippen molar-refractivity contribution in [2.24, 2.45) is 0 Å². The second kappa shape index (κ2) is 10.7. The molecule has 0 saturated heterocycles. The molecule has 0 atom stereocenters. The highest BCUT2D eigenvalue weighted by Crippen LogP contribution is 2.33. The summed E-state index contributed by atoms with van der Waals surface area (Å²) in [5.41, 5.74) is 1.79. The normalized spacial score (nSPS) is 11.2. The number of amides is 1. The van der Waals surface area contributed by atoms with Gasteiger partial charge in [-0.3, -0.25) is 4.79 Å². The van der Waals surface area contributed by atoms with E-state index < -0.39 is 0 Å². The molecule has 2 rings (SSSR count). The number of hydrogen-bond donors (Lipinski definition) is 2. The van der Waals surface area contributed by atoms with E-state index in [0.717, 1.165) is 23.6 Å². The number of carbonyl (C=O) groups excluding carboxylic acids is 1. The van der Waals surface area contributed by atoms with E-state index in [1.165, 1.54) is 5.56 Å². The Morgan fingerprint density at radius 3 is 2.38 bits per heavy atom. The van der Waals surface area contributed by atoms with Gasteiger partial charge in [0, 0.05) is 28.2 Å². The van der Waals surface area contributed by atoms with Crippen LogP contribution in [0.25, 0.3) is 0 Å². The molecule has 0 aromatic heterocycles. The molecule has 0 spiro atoms. The zero-order chi connectivity index (χ0) is 21.4. The molecule has 0 aliphatic carbocycles. The van der Waals surface area contributed by atoms with Gasteiger partial charge in [-0.2, -0.15) is 0 Å². The average Bonchev–Trinajstić information content (AvgIpc) is 2.64. The van der Waals surface area contributed by atoms with E-state index in [4.69, 9.17) is 32.7 Å². The van der Waals surface area contributed by atoms with Crippen LogP contribution in [-0.2, 0) is 17.8 Å². The van der Waals surface area contributed by atoms with E-state index >= 15 is 0 Å². The van der Waals surface area contributed by atoms with Crippen molar-refractivity contribution in [3.63, 3.8) is 0 Å². The number of nitrogens with one attached hydrogen (secondary N) is 2. The van der Waals surface area contributed by atoms with Crippen molar-refractivity contribution in [1.82, 2.24) is 10.6 Å². The van der Waals surface area contributed by atoms with Gasteiger partial charge >= 0.3 is 0 Å². The standard InChI is InChI=1S/C22H28Cl2N2O3/c1-22(2,3)26-21(27)14-29-20-12-18(24)16(11-19(20)28-4)13-25-10-9-15-5-7-17(23)8-6-15/h5-8,11-12,25H,9-10,13-14H2,1-4H3,(H,26,27). The molecule has 2 aromatic rings. The summed E-state index contributed by atoms with van der Waals surface area (Å²) in [6.07, 6.45) is 0.885. The van der Waals surface area contributed by atoms with Gasteiger partial charge < -0.3 is 20.1 Å². The second-order valence-corrected chi connectivity index (χ2v) is 8.58. The molecule has 29 heavy (non-hydrogen) atoms. The summed E-state index contributed by atoms with van der Waals surface area (Å²) in [7, 11) is 1.56. The van der Waals surface area contributed by atoms with E-state index in [-0.39, 0.29) is 18.1 Å². The van der Waals surface area contributed by atoms with Crippen LogP contribution in [0.15, 0.2) is 36.4 Å². The van der Waals surface area contributed by atoms with Gasteiger partial charge in [-0.25, -0.2) is 0 Å². The smallest absolute Gasteiger partial charge is 0.258 e. The first-order valence-corrected chi connectivity index (χ1v) is 10.2. The van der Waals surface area contributed by atoms with Crippen LogP contribution >= 0.6 is 23.2 Å². The number of halogens is 2. The maximum atomic E-state index is 12.0. The number of hydrogen-bond acceptors (Lipinski definition) is 4. The molecule has 2 aromatic carbocycles. The number of carbonyl (C=O) groups is 1. The zero-order valence-corrected chi connectivity index (χ0v) is 18.8. The van der Waals surface area contributed by atoms with E-state index in [9.17, 15) is 4.79 Å². The summed E-state index contributed by atoms with van der Waals surface area (Å²) in [5, 5.41) is 7.51. The van der Waals surface area contributed by atoms with Crippen molar-refractivity contribution >= 4 is 29.1 Å². The molecule has 0 bridgehead atoms. The van der Waals surface area contributed by atoms with Crippen molar-refractivity contribution in [3.05, 3.63) is 57.6 Å². The Morgan fingerprint density at radius 1 is 1.07 bits per heavy atom. The molecule has 7 heteroatoms. The van der Waals surface area contributed by atoms with Gasteiger partial charge in [-0.1, -0.05) is 35.3 Å². The summed E-state index contributed by atoms with van der Waals surface area (Å²) in [4.78, 5) is 12.0. The van der Waals surface area contributed by atoms with Gasteiger partial charge in [-0.15, -0.1) is 0 Å². The van der Waals surface area contributed by atoms with E-state index in [1.54, 1.807) is 13.2 Å². The van der Waals surface area contributed by atoms with Crippen molar-refractivity contribution in [1.29, 1.82) is 0 Å². The molecule has 0 saturated carbocycles. The molecular weight excluding hydrogens is 411 g/mol. The topological polar surface area (TPSA) is 59.6 Å². The van der Waals surface area contributed by atoms with Crippen LogP contribution in [0.5, 0.6) is 11.5 Å². The van der Waals surface area contributed by atoms with E-state index in [2.05, 4.69) is 10.6 Å². The quantitative estimate of drug-likeness (QED) is 0.560. The first-order chi connectivity index (χ1) is 13.7. The molecule has 0 unspecified atom stereocenters. The Balaban J connectivity index is 1.91. The van der Waals surface area contributed by atoms with Crippen LogP contribution in [0.2, 0.25) is 10.0 Å². The van der Waals surface area contributed by atoms with Gasteiger partial charge in [-0.05, 0) is 63.1 Å². The van der Waals surface area contributed by atoms with Crippen LogP contribution in [-0.4, -0.2) is 31.7 Å². The van der Waals surface area contributed by atoms with Crippen molar-refractivity contribution in [2.75, 3.05) is 20.3 Å². The Bertz CT molecular complexity index is 818. The minimum atomic E-state index is -0.316. The summed E-state index contributed by atoms with van der Waals surface area (Å²) in [6.45, 7) is 7.02. The maximum Gasteiger partial charge on any atom is 0.258 e. The lowest BCUT2D eigenvalue weighted by atomic mass is 10.1. The predicted octanol–water partition coefficient (Wildman–Crippen LogP) is 4.63. The number of ether oxygens (including phenoxy) is 2. The Morgan fingerprint density at radius 2 is 1.76 bits per heavy atom. The third-order valence-corrected chi connectivity index (χ3v) is 4.63. The van der Waals surface area contributed by atoms with Crippen LogP contribution in [0.3, 0.4) is 0 Å². The SMILES string of the molecule is COc1cc(CNCCc2ccc(Cl)cc2)c(Cl)cc1OCC(=O)NC(C)(C)C. The van der Waals surface area contributed by atoms with Gasteiger partial charge in [0.25, 0.3) is 5.91 Å². The summed E-state index contributed by atoms with van der Waals surface area (Å²) < 4.78 is 11.0. The third-order valence-electron chi connectivity index (χ3n) is 4.03. The minimum absolute atomic E-state index is 0.108. The van der Waals surface area contributed by atoms with Gasteiger partial charge in [0.05, 0.1) is 7.11 Å². The van der Waals surface area contributed by atoms with Crippen LogP contribution in [0.4, 0.5) is 0 Å². The average molecular weight is 439 g/mol. The minimum Gasteiger partial charge on any atom is -0.493 e. The highest BCUT2D eigenvalue weighted by atomic mass is 35.5. The second-order valence-electron chi connectivity index (χ2n) is 7.73. The highest BCUT2D eigenvalue weighted by molar-refractivity contribution is 6.31. The lowest BCUT2D eigenvalue weighted by Crippen LogP contribution is -2.43. The number of methoxy groups -OCH3 is 1. The zero-order valence-electron chi connectivity index (χ0n) is 17.3. The molecule has 0 aliphatic heterocycles. The molecular formula is C22H28Cl2N2O3. The largest absolute Gasteiger partial charge is 0.493 e. The molecule has 0 aliphatic rings. The van der Waals surface area contributed by atoms with Crippen LogP contribution in [0.1, 0.15) is 31.9 Å². The monoisotopic (exact) mass is 438 g/mol. The van der Waals surface area contributed by atoms with Gasteiger partial charge in [0.2, 0.25) is 0 Å². The predicted molar refractivity (Wildman–Crippen MR) is 118 cm³/mol. The summed E-state index contributed by atoms with van der Waals surface area (Å²) >= 11 is 12.3. The first kappa shape index (κ1) is 23.3. The van der Waals surface area contributed by atoms with Crippen molar-refractivity contribution in [2.45, 2.75) is 39.3 Å². The van der Waals surface area contributed by atoms with Crippen LogP contribution in [0, 0.1) is 0 Å². The lowest BCUT2D eigenvalue weighted by Gasteiger charge is -2.21. The number of benzene rings is 2. The molecule has 0 fully saturated rings. The summed E-state index contributed by atoms with van der Waals surface area (Å²) in [6, 6.07) is 11.3. The Labute approximate surface area is 182 Å². The van der Waals surface area contributed by atoms with Crippen LogP contribution < -0.4 is 20.1 Å². The highest BCUT2D eigenvalue weighted by Gasteiger charge is 2.16. The fourth-order valence-corrected chi connectivity index (χ4v) is 3.04. The Hall–Kier alpha value is -1.95. The first-order valence-electron chi connectivity index (χ1n) is 9.43. The fourth-order valence-electron chi connectivity index (χ4n) is 2.69. The molecule has 158 valence electrons. The van der Waals surface area contributed by atoms with Gasteiger partial charge in [0.15, 0.2) is 18.1 Å². The molecule has 0 radical (unpaired) electrons. The maximum absolute atomic E-state index is 12.0. The lowest BCUT2D eigenvalue weighted by molar-refractivity contribution is -0.124. The third kappa shape index (κ3) is 8.13. The molecule has 5 nitrogen and oxygen atoms in total. The van der Waals surface area contributed by atoms with Gasteiger partial charge in [0.1, 0.15) is 0 Å².